The molecule has 2 aromatic rings. The Labute approximate surface area is 93.9 Å². The van der Waals surface area contributed by atoms with E-state index < -0.39 is 0 Å². The summed E-state index contributed by atoms with van der Waals surface area (Å²) in [5.74, 6) is -0.184. The van der Waals surface area contributed by atoms with Crippen molar-refractivity contribution in [2.24, 2.45) is 7.05 Å². The SMILES string of the molecule is Cc1nn(C)cc1NCc1ccccc1F. The summed E-state index contributed by atoms with van der Waals surface area (Å²) >= 11 is 0. The molecule has 1 heterocycles. The van der Waals surface area contributed by atoms with Crippen molar-refractivity contribution in [2.75, 3.05) is 5.32 Å². The molecule has 1 aromatic carbocycles. The third-order valence-corrected chi connectivity index (χ3v) is 2.44. The van der Waals surface area contributed by atoms with Gasteiger partial charge >= 0.3 is 0 Å². The standard InChI is InChI=1S/C12H14FN3/c1-9-12(8-16(2)15-9)14-7-10-5-3-4-6-11(10)13/h3-6,8,14H,7H2,1-2H3. The van der Waals surface area contributed by atoms with Crippen molar-refractivity contribution in [3.05, 3.63) is 47.5 Å². The fraction of sp³-hybridized carbons (Fsp3) is 0.250. The number of hydrogen-bond donors (Lipinski definition) is 1. The molecule has 0 aliphatic carbocycles. The lowest BCUT2D eigenvalue weighted by atomic mass is 10.2. The average molecular weight is 219 g/mol. The molecule has 84 valence electrons. The first-order valence-corrected chi connectivity index (χ1v) is 5.14. The molecule has 0 aliphatic rings. The van der Waals surface area contributed by atoms with Gasteiger partial charge in [-0.15, -0.1) is 0 Å². The Kier molecular flexibility index (Phi) is 2.90. The zero-order chi connectivity index (χ0) is 11.5. The predicted octanol–water partition coefficient (Wildman–Crippen LogP) is 2.48. The number of halogens is 1. The van der Waals surface area contributed by atoms with Crippen molar-refractivity contribution in [3.63, 3.8) is 0 Å². The first kappa shape index (κ1) is 10.7. The van der Waals surface area contributed by atoms with Crippen LogP contribution in [0.1, 0.15) is 11.3 Å². The van der Waals surface area contributed by atoms with Gasteiger partial charge in [0.2, 0.25) is 0 Å². The first-order valence-electron chi connectivity index (χ1n) is 5.14. The summed E-state index contributed by atoms with van der Waals surface area (Å²) in [6, 6.07) is 6.76. The second kappa shape index (κ2) is 4.35. The highest BCUT2D eigenvalue weighted by Crippen LogP contribution is 2.14. The molecule has 4 heteroatoms. The third-order valence-electron chi connectivity index (χ3n) is 2.44. The van der Waals surface area contributed by atoms with Gasteiger partial charge < -0.3 is 5.32 Å². The molecule has 16 heavy (non-hydrogen) atoms. The van der Waals surface area contributed by atoms with Crippen LogP contribution in [0.3, 0.4) is 0 Å². The van der Waals surface area contributed by atoms with E-state index in [0.29, 0.717) is 12.1 Å². The minimum absolute atomic E-state index is 0.184. The highest BCUT2D eigenvalue weighted by atomic mass is 19.1. The van der Waals surface area contributed by atoms with Crippen LogP contribution in [0.4, 0.5) is 10.1 Å². The van der Waals surface area contributed by atoms with Gasteiger partial charge in [-0.2, -0.15) is 5.10 Å². The monoisotopic (exact) mass is 219 g/mol. The molecule has 0 bridgehead atoms. The van der Waals surface area contributed by atoms with Crippen molar-refractivity contribution >= 4 is 5.69 Å². The van der Waals surface area contributed by atoms with E-state index in [0.717, 1.165) is 11.4 Å². The maximum Gasteiger partial charge on any atom is 0.128 e. The highest BCUT2D eigenvalue weighted by molar-refractivity contribution is 5.46. The van der Waals surface area contributed by atoms with Crippen LogP contribution >= 0.6 is 0 Å². The van der Waals surface area contributed by atoms with Crippen LogP contribution < -0.4 is 5.32 Å². The molecule has 0 atom stereocenters. The van der Waals surface area contributed by atoms with Crippen molar-refractivity contribution in [2.45, 2.75) is 13.5 Å². The summed E-state index contributed by atoms with van der Waals surface area (Å²) in [5, 5.41) is 7.37. The molecule has 0 fully saturated rings. The van der Waals surface area contributed by atoms with Crippen molar-refractivity contribution < 1.29 is 4.39 Å². The second-order valence-electron chi connectivity index (χ2n) is 3.75. The van der Waals surface area contributed by atoms with E-state index in [9.17, 15) is 4.39 Å². The van der Waals surface area contributed by atoms with E-state index >= 15 is 0 Å². The lowest BCUT2D eigenvalue weighted by Gasteiger charge is -2.05. The van der Waals surface area contributed by atoms with E-state index in [2.05, 4.69) is 10.4 Å². The van der Waals surface area contributed by atoms with Gasteiger partial charge in [-0.1, -0.05) is 18.2 Å². The summed E-state index contributed by atoms with van der Waals surface area (Å²) in [7, 11) is 1.86. The van der Waals surface area contributed by atoms with Crippen LogP contribution in [0.5, 0.6) is 0 Å². The van der Waals surface area contributed by atoms with Crippen molar-refractivity contribution in [1.82, 2.24) is 9.78 Å². The molecule has 1 aromatic heterocycles. The molecule has 0 spiro atoms. The Balaban J connectivity index is 2.08. The maximum absolute atomic E-state index is 13.3. The van der Waals surface area contributed by atoms with E-state index in [1.807, 2.05) is 26.2 Å². The molecule has 1 N–H and O–H groups in total. The smallest absolute Gasteiger partial charge is 0.128 e. The van der Waals surface area contributed by atoms with Crippen LogP contribution in [0.15, 0.2) is 30.5 Å². The summed E-state index contributed by atoms with van der Waals surface area (Å²) in [6.07, 6.45) is 1.89. The van der Waals surface area contributed by atoms with Crippen molar-refractivity contribution in [1.29, 1.82) is 0 Å². The second-order valence-corrected chi connectivity index (χ2v) is 3.75. The number of aromatic nitrogens is 2. The summed E-state index contributed by atoms with van der Waals surface area (Å²) < 4.78 is 15.1. The Morgan fingerprint density at radius 2 is 2.12 bits per heavy atom. The molecular weight excluding hydrogens is 205 g/mol. The quantitative estimate of drug-likeness (QED) is 0.859. The number of aryl methyl sites for hydroxylation is 2. The molecule has 0 amide bonds. The van der Waals surface area contributed by atoms with E-state index in [1.54, 1.807) is 16.8 Å². The van der Waals surface area contributed by atoms with Gasteiger partial charge in [0.1, 0.15) is 5.82 Å². The van der Waals surface area contributed by atoms with Gasteiger partial charge in [-0.05, 0) is 13.0 Å². The van der Waals surface area contributed by atoms with Crippen LogP contribution in [0, 0.1) is 12.7 Å². The average Bonchev–Trinajstić information content (AvgIpc) is 2.56. The molecule has 2 rings (SSSR count). The van der Waals surface area contributed by atoms with Crippen LogP contribution in [0.2, 0.25) is 0 Å². The van der Waals surface area contributed by atoms with Crippen LogP contribution in [-0.4, -0.2) is 9.78 Å². The molecule has 0 saturated carbocycles. The van der Waals surface area contributed by atoms with Gasteiger partial charge in [0.25, 0.3) is 0 Å². The normalized spacial score (nSPS) is 10.4. The fourth-order valence-corrected chi connectivity index (χ4v) is 1.61. The fourth-order valence-electron chi connectivity index (χ4n) is 1.61. The lowest BCUT2D eigenvalue weighted by Crippen LogP contribution is -2.01. The molecule has 0 saturated heterocycles. The first-order chi connectivity index (χ1) is 7.66. The largest absolute Gasteiger partial charge is 0.378 e. The Hall–Kier alpha value is -1.84. The zero-order valence-corrected chi connectivity index (χ0v) is 9.37. The zero-order valence-electron chi connectivity index (χ0n) is 9.37. The van der Waals surface area contributed by atoms with E-state index in [-0.39, 0.29) is 5.82 Å². The molecule has 3 nitrogen and oxygen atoms in total. The maximum atomic E-state index is 13.3. The number of nitrogens with one attached hydrogen (secondary N) is 1. The Morgan fingerprint density at radius 3 is 2.75 bits per heavy atom. The molecular formula is C12H14FN3. The van der Waals surface area contributed by atoms with E-state index in [1.165, 1.54) is 6.07 Å². The highest BCUT2D eigenvalue weighted by Gasteiger charge is 2.04. The van der Waals surface area contributed by atoms with E-state index in [4.69, 9.17) is 0 Å². The van der Waals surface area contributed by atoms with Gasteiger partial charge in [0, 0.05) is 25.4 Å². The summed E-state index contributed by atoms with van der Waals surface area (Å²) in [5.41, 5.74) is 2.51. The Bertz CT molecular complexity index is 491. The summed E-state index contributed by atoms with van der Waals surface area (Å²) in [4.78, 5) is 0. The predicted molar refractivity (Wildman–Crippen MR) is 61.7 cm³/mol. The summed E-state index contributed by atoms with van der Waals surface area (Å²) in [6.45, 7) is 2.39. The van der Waals surface area contributed by atoms with Crippen molar-refractivity contribution in [3.8, 4) is 0 Å². The lowest BCUT2D eigenvalue weighted by molar-refractivity contribution is 0.613. The van der Waals surface area contributed by atoms with Crippen LogP contribution in [-0.2, 0) is 13.6 Å². The minimum Gasteiger partial charge on any atom is -0.378 e. The molecule has 0 radical (unpaired) electrons. The number of anilines is 1. The van der Waals surface area contributed by atoms with Gasteiger partial charge in [-0.25, -0.2) is 4.39 Å². The third kappa shape index (κ3) is 2.21. The number of benzene rings is 1. The van der Waals surface area contributed by atoms with Gasteiger partial charge in [-0.3, -0.25) is 4.68 Å². The minimum atomic E-state index is -0.184. The molecule has 0 aliphatic heterocycles. The van der Waals surface area contributed by atoms with Gasteiger partial charge in [0.05, 0.1) is 11.4 Å². The Morgan fingerprint density at radius 1 is 1.38 bits per heavy atom. The number of hydrogen-bond acceptors (Lipinski definition) is 2. The molecule has 0 unspecified atom stereocenters. The number of nitrogens with zero attached hydrogens (tertiary/aromatic N) is 2. The van der Waals surface area contributed by atoms with Gasteiger partial charge in [0.15, 0.2) is 0 Å². The topological polar surface area (TPSA) is 29.9 Å². The number of rotatable bonds is 3. The van der Waals surface area contributed by atoms with Crippen LogP contribution in [0.25, 0.3) is 0 Å².